The predicted molar refractivity (Wildman–Crippen MR) is 143 cm³/mol. The minimum absolute atomic E-state index is 0.157. The van der Waals surface area contributed by atoms with Gasteiger partial charge in [-0.3, -0.25) is 9.69 Å². The predicted octanol–water partition coefficient (Wildman–Crippen LogP) is 4.58. The van der Waals surface area contributed by atoms with Crippen LogP contribution in [0.4, 0.5) is 4.39 Å². The molecule has 1 atom stereocenters. The fraction of sp³-hybridized carbons (Fsp3) is 0.241. The molecular formula is C29H27FN6O3. The van der Waals surface area contributed by atoms with Crippen molar-refractivity contribution in [2.75, 3.05) is 6.79 Å². The Bertz CT molecular complexity index is 1650. The van der Waals surface area contributed by atoms with Gasteiger partial charge in [0.1, 0.15) is 5.82 Å². The lowest BCUT2D eigenvalue weighted by molar-refractivity contribution is 0.161. The first-order valence-electron chi connectivity index (χ1n) is 12.8. The van der Waals surface area contributed by atoms with Crippen molar-refractivity contribution in [1.82, 2.24) is 30.1 Å². The van der Waals surface area contributed by atoms with E-state index in [0.717, 1.165) is 16.5 Å². The minimum Gasteiger partial charge on any atom is -0.454 e. The van der Waals surface area contributed by atoms with E-state index >= 15 is 0 Å². The van der Waals surface area contributed by atoms with Gasteiger partial charge in [0.25, 0.3) is 5.56 Å². The summed E-state index contributed by atoms with van der Waals surface area (Å²) in [4.78, 5) is 18.4. The van der Waals surface area contributed by atoms with Gasteiger partial charge in [0.15, 0.2) is 17.3 Å². The maximum absolute atomic E-state index is 13.7. The first-order valence-corrected chi connectivity index (χ1v) is 12.8. The molecule has 6 rings (SSSR count). The number of benzene rings is 3. The average molecular weight is 527 g/mol. The van der Waals surface area contributed by atoms with Gasteiger partial charge in [-0.15, -0.1) is 5.10 Å². The Morgan fingerprint density at radius 1 is 1.00 bits per heavy atom. The number of aromatic nitrogens is 5. The van der Waals surface area contributed by atoms with Crippen LogP contribution in [-0.4, -0.2) is 36.9 Å². The van der Waals surface area contributed by atoms with Gasteiger partial charge >= 0.3 is 0 Å². The SMILES string of the molecule is CCC(c1nnnn1Cc1ccccc1)N(Cc1ccc(F)cc1)Cc1cc2cc3c(cc2[nH]c1=O)OCO3. The summed E-state index contributed by atoms with van der Waals surface area (Å²) in [7, 11) is 0. The number of ether oxygens (including phenoxy) is 2. The smallest absolute Gasteiger partial charge is 0.252 e. The first-order chi connectivity index (χ1) is 19.1. The molecule has 1 unspecified atom stereocenters. The Morgan fingerprint density at radius 2 is 1.77 bits per heavy atom. The molecule has 2 aromatic heterocycles. The number of fused-ring (bicyclic) bond motifs is 2. The van der Waals surface area contributed by atoms with Gasteiger partial charge in [-0.1, -0.05) is 49.4 Å². The molecular weight excluding hydrogens is 499 g/mol. The molecule has 39 heavy (non-hydrogen) atoms. The van der Waals surface area contributed by atoms with E-state index < -0.39 is 0 Å². The number of H-pyrrole nitrogens is 1. The van der Waals surface area contributed by atoms with E-state index in [-0.39, 0.29) is 24.2 Å². The van der Waals surface area contributed by atoms with Crippen LogP contribution in [-0.2, 0) is 19.6 Å². The largest absolute Gasteiger partial charge is 0.454 e. The number of pyridine rings is 1. The third-order valence-electron chi connectivity index (χ3n) is 6.95. The second-order valence-electron chi connectivity index (χ2n) is 9.55. The number of hydrogen-bond donors (Lipinski definition) is 1. The minimum atomic E-state index is -0.297. The van der Waals surface area contributed by atoms with E-state index in [1.807, 2.05) is 42.5 Å². The molecule has 9 nitrogen and oxygen atoms in total. The third-order valence-corrected chi connectivity index (χ3v) is 6.95. The molecule has 3 heterocycles. The molecule has 5 aromatic rings. The quantitative estimate of drug-likeness (QED) is 0.300. The molecule has 198 valence electrons. The van der Waals surface area contributed by atoms with Crippen molar-refractivity contribution >= 4 is 10.9 Å². The molecule has 0 aliphatic carbocycles. The van der Waals surface area contributed by atoms with Gasteiger partial charge in [-0.25, -0.2) is 9.07 Å². The first kappa shape index (κ1) is 24.7. The topological polar surface area (TPSA) is 98.2 Å². The maximum Gasteiger partial charge on any atom is 0.252 e. The summed E-state index contributed by atoms with van der Waals surface area (Å²) in [6.07, 6.45) is 0.695. The number of aromatic amines is 1. The van der Waals surface area contributed by atoms with E-state index in [0.29, 0.717) is 54.5 Å². The average Bonchev–Trinajstić information content (AvgIpc) is 3.59. The molecule has 0 saturated heterocycles. The molecule has 3 aromatic carbocycles. The molecule has 1 N–H and O–H groups in total. The third kappa shape index (κ3) is 5.23. The van der Waals surface area contributed by atoms with E-state index in [1.54, 1.807) is 22.9 Å². The highest BCUT2D eigenvalue weighted by molar-refractivity contribution is 5.83. The van der Waals surface area contributed by atoms with Crippen LogP contribution < -0.4 is 15.0 Å². The molecule has 0 radical (unpaired) electrons. The molecule has 0 amide bonds. The molecule has 10 heteroatoms. The molecule has 0 spiro atoms. The second kappa shape index (κ2) is 10.7. The summed E-state index contributed by atoms with van der Waals surface area (Å²) in [5.41, 5.74) is 3.07. The lowest BCUT2D eigenvalue weighted by atomic mass is 10.1. The highest BCUT2D eigenvalue weighted by Crippen LogP contribution is 2.35. The normalized spacial score (nSPS) is 13.3. The zero-order valence-corrected chi connectivity index (χ0v) is 21.4. The molecule has 0 fully saturated rings. The van der Waals surface area contributed by atoms with Gasteiger partial charge in [-0.05, 0) is 52.2 Å². The van der Waals surface area contributed by atoms with Crippen molar-refractivity contribution in [2.45, 2.75) is 39.0 Å². The molecule has 1 aliphatic heterocycles. The van der Waals surface area contributed by atoms with Crippen LogP contribution in [0.3, 0.4) is 0 Å². The maximum atomic E-state index is 13.7. The Hall–Kier alpha value is -4.57. The zero-order valence-electron chi connectivity index (χ0n) is 21.4. The van der Waals surface area contributed by atoms with E-state index in [2.05, 4.69) is 32.3 Å². The molecule has 0 saturated carbocycles. The lowest BCUT2D eigenvalue weighted by Gasteiger charge is -2.30. The number of tetrazole rings is 1. The number of nitrogens with one attached hydrogen (secondary N) is 1. The Kier molecular flexibility index (Phi) is 6.76. The fourth-order valence-corrected chi connectivity index (χ4v) is 5.00. The van der Waals surface area contributed by atoms with Crippen LogP contribution in [0.2, 0.25) is 0 Å². The Balaban J connectivity index is 1.37. The van der Waals surface area contributed by atoms with Crippen LogP contribution >= 0.6 is 0 Å². The lowest BCUT2D eigenvalue weighted by Crippen LogP contribution is -2.32. The van der Waals surface area contributed by atoms with Crippen molar-refractivity contribution in [2.24, 2.45) is 0 Å². The van der Waals surface area contributed by atoms with E-state index in [4.69, 9.17) is 9.47 Å². The second-order valence-corrected chi connectivity index (χ2v) is 9.55. The number of halogens is 1. The van der Waals surface area contributed by atoms with Crippen molar-refractivity contribution < 1.29 is 13.9 Å². The number of rotatable bonds is 9. The van der Waals surface area contributed by atoms with Crippen LogP contribution in [0.25, 0.3) is 10.9 Å². The highest BCUT2D eigenvalue weighted by Gasteiger charge is 2.26. The molecule has 0 bridgehead atoms. The van der Waals surface area contributed by atoms with Gasteiger partial charge in [-0.2, -0.15) is 0 Å². The summed E-state index contributed by atoms with van der Waals surface area (Å²) in [6, 6.07) is 21.7. The Labute approximate surface area is 223 Å². The Morgan fingerprint density at radius 3 is 2.54 bits per heavy atom. The van der Waals surface area contributed by atoms with Crippen LogP contribution in [0.15, 0.2) is 77.6 Å². The van der Waals surface area contributed by atoms with Crippen molar-refractivity contribution in [3.05, 3.63) is 111 Å². The number of nitrogens with zero attached hydrogens (tertiary/aromatic N) is 5. The van der Waals surface area contributed by atoms with Gasteiger partial charge < -0.3 is 14.5 Å². The van der Waals surface area contributed by atoms with Crippen molar-refractivity contribution in [3.63, 3.8) is 0 Å². The summed E-state index contributed by atoms with van der Waals surface area (Å²) in [5.74, 6) is 1.66. The van der Waals surface area contributed by atoms with Gasteiger partial charge in [0, 0.05) is 30.1 Å². The monoisotopic (exact) mass is 526 g/mol. The summed E-state index contributed by atoms with van der Waals surface area (Å²) < 4.78 is 26.5. The van der Waals surface area contributed by atoms with Crippen molar-refractivity contribution in [1.29, 1.82) is 0 Å². The summed E-state index contributed by atoms with van der Waals surface area (Å²) >= 11 is 0. The molecule has 1 aliphatic rings. The van der Waals surface area contributed by atoms with Gasteiger partial charge in [0.05, 0.1) is 18.1 Å². The zero-order chi connectivity index (χ0) is 26.8. The summed E-state index contributed by atoms with van der Waals surface area (Å²) in [6.45, 7) is 3.54. The standard InChI is InChI=1S/C29H27FN6O3/c1-2-25(28-32-33-34-36(28)16-19-6-4-3-5-7-19)35(15-20-8-10-23(30)11-9-20)17-22-12-21-13-26-27(39-18-38-26)14-24(21)31-29(22)37/h3-14,25H,2,15-18H2,1H3,(H,31,37). The van der Waals surface area contributed by atoms with Gasteiger partial charge in [0.2, 0.25) is 6.79 Å². The van der Waals surface area contributed by atoms with E-state index in [1.165, 1.54) is 12.1 Å². The van der Waals surface area contributed by atoms with Crippen LogP contribution in [0, 0.1) is 5.82 Å². The van der Waals surface area contributed by atoms with Crippen LogP contribution in [0.1, 0.15) is 41.9 Å². The highest BCUT2D eigenvalue weighted by atomic mass is 19.1. The van der Waals surface area contributed by atoms with Crippen LogP contribution in [0.5, 0.6) is 11.5 Å². The number of hydrogen-bond acceptors (Lipinski definition) is 7. The summed E-state index contributed by atoms with van der Waals surface area (Å²) in [5, 5.41) is 13.5. The fourth-order valence-electron chi connectivity index (χ4n) is 5.00. The van der Waals surface area contributed by atoms with Crippen molar-refractivity contribution in [3.8, 4) is 11.5 Å². The van der Waals surface area contributed by atoms with E-state index in [9.17, 15) is 9.18 Å².